The van der Waals surface area contributed by atoms with Crippen LogP contribution in [0.5, 0.6) is 0 Å². The van der Waals surface area contributed by atoms with Crippen LogP contribution in [0.25, 0.3) is 0 Å². The lowest BCUT2D eigenvalue weighted by Crippen LogP contribution is -2.51. The van der Waals surface area contributed by atoms with Gasteiger partial charge in [-0.3, -0.25) is 9.79 Å². The van der Waals surface area contributed by atoms with Gasteiger partial charge in [0.15, 0.2) is 5.96 Å². The van der Waals surface area contributed by atoms with E-state index in [-0.39, 0.29) is 11.3 Å². The average Bonchev–Trinajstić information content (AvgIpc) is 2.64. The molecule has 3 rings (SSSR count). The fraction of sp³-hybridized carbons (Fsp3) is 0.600. The fourth-order valence-electron chi connectivity index (χ4n) is 3.85. The number of carbonyl (C=O) groups excluding carboxylic acids is 1. The van der Waals surface area contributed by atoms with Gasteiger partial charge in [0.2, 0.25) is 5.91 Å². The molecule has 136 valence electrons. The van der Waals surface area contributed by atoms with Crippen molar-refractivity contribution in [3.8, 4) is 0 Å². The number of piperidine rings is 1. The van der Waals surface area contributed by atoms with E-state index in [1.54, 1.807) is 7.05 Å². The highest BCUT2D eigenvalue weighted by Gasteiger charge is 2.38. The van der Waals surface area contributed by atoms with E-state index < -0.39 is 0 Å². The van der Waals surface area contributed by atoms with Crippen LogP contribution in [0.2, 0.25) is 0 Å². The third-order valence-electron chi connectivity index (χ3n) is 5.63. The molecule has 0 spiro atoms. The first kappa shape index (κ1) is 17.8. The summed E-state index contributed by atoms with van der Waals surface area (Å²) in [6.07, 6.45) is 7.16. The SMILES string of the molecule is CN=C(NCC(=O)N1CCCCC1)NCC1(c2ccccc2)CCC1. The van der Waals surface area contributed by atoms with E-state index in [9.17, 15) is 4.79 Å². The number of hydrogen-bond acceptors (Lipinski definition) is 2. The van der Waals surface area contributed by atoms with E-state index in [0.29, 0.717) is 12.5 Å². The van der Waals surface area contributed by atoms with Gasteiger partial charge in [-0.15, -0.1) is 0 Å². The van der Waals surface area contributed by atoms with Gasteiger partial charge in [-0.1, -0.05) is 36.8 Å². The van der Waals surface area contributed by atoms with Crippen molar-refractivity contribution >= 4 is 11.9 Å². The Kier molecular flexibility index (Phi) is 5.95. The lowest BCUT2D eigenvalue weighted by molar-refractivity contribution is -0.130. The molecule has 2 N–H and O–H groups in total. The summed E-state index contributed by atoms with van der Waals surface area (Å²) >= 11 is 0. The summed E-state index contributed by atoms with van der Waals surface area (Å²) in [4.78, 5) is 18.5. The largest absolute Gasteiger partial charge is 0.356 e. The maximum absolute atomic E-state index is 12.3. The number of hydrogen-bond donors (Lipinski definition) is 2. The minimum Gasteiger partial charge on any atom is -0.356 e. The molecule has 25 heavy (non-hydrogen) atoms. The maximum atomic E-state index is 12.3. The second-order valence-corrected chi connectivity index (χ2v) is 7.22. The van der Waals surface area contributed by atoms with Gasteiger partial charge in [0.05, 0.1) is 6.54 Å². The first-order valence-corrected chi connectivity index (χ1v) is 9.51. The molecule has 1 aromatic rings. The lowest BCUT2D eigenvalue weighted by Gasteiger charge is -2.43. The Labute approximate surface area is 150 Å². The molecule has 1 aliphatic heterocycles. The van der Waals surface area contributed by atoms with Crippen LogP contribution >= 0.6 is 0 Å². The summed E-state index contributed by atoms with van der Waals surface area (Å²) in [5.74, 6) is 0.886. The molecule has 2 aliphatic rings. The van der Waals surface area contributed by atoms with Crippen LogP contribution in [0.15, 0.2) is 35.3 Å². The molecule has 0 unspecified atom stereocenters. The van der Waals surface area contributed by atoms with Gasteiger partial charge in [-0.2, -0.15) is 0 Å². The third kappa shape index (κ3) is 4.33. The number of benzene rings is 1. The van der Waals surface area contributed by atoms with Crippen molar-refractivity contribution in [3.05, 3.63) is 35.9 Å². The van der Waals surface area contributed by atoms with Crippen LogP contribution < -0.4 is 10.6 Å². The van der Waals surface area contributed by atoms with Crippen LogP contribution in [0.1, 0.15) is 44.1 Å². The van der Waals surface area contributed by atoms with Crippen LogP contribution in [-0.2, 0) is 10.2 Å². The number of amides is 1. The van der Waals surface area contributed by atoms with E-state index in [0.717, 1.165) is 32.5 Å². The number of likely N-dealkylation sites (tertiary alicyclic amines) is 1. The van der Waals surface area contributed by atoms with Gasteiger partial charge >= 0.3 is 0 Å². The Bertz CT molecular complexity index is 589. The zero-order chi connectivity index (χ0) is 17.5. The van der Waals surface area contributed by atoms with Gasteiger partial charge < -0.3 is 15.5 Å². The molecule has 1 aliphatic carbocycles. The molecule has 0 bridgehead atoms. The number of rotatable bonds is 5. The van der Waals surface area contributed by atoms with Crippen molar-refractivity contribution in [2.24, 2.45) is 4.99 Å². The van der Waals surface area contributed by atoms with Crippen LogP contribution in [-0.4, -0.2) is 50.0 Å². The van der Waals surface area contributed by atoms with Crippen molar-refractivity contribution in [2.75, 3.05) is 33.2 Å². The molecule has 2 fully saturated rings. The number of aliphatic imine (C=N–C) groups is 1. The van der Waals surface area contributed by atoms with Gasteiger partial charge in [0, 0.05) is 32.1 Å². The molecule has 1 amide bonds. The quantitative estimate of drug-likeness (QED) is 0.638. The molecular formula is C20H30N4O. The highest BCUT2D eigenvalue weighted by Crippen LogP contribution is 2.43. The third-order valence-corrected chi connectivity index (χ3v) is 5.63. The maximum Gasteiger partial charge on any atom is 0.241 e. The Morgan fingerprint density at radius 1 is 1.08 bits per heavy atom. The van der Waals surface area contributed by atoms with Crippen molar-refractivity contribution < 1.29 is 4.79 Å². The second-order valence-electron chi connectivity index (χ2n) is 7.22. The highest BCUT2D eigenvalue weighted by atomic mass is 16.2. The Morgan fingerprint density at radius 3 is 2.40 bits per heavy atom. The summed E-state index contributed by atoms with van der Waals surface area (Å²) in [7, 11) is 1.76. The molecule has 1 heterocycles. The van der Waals surface area contributed by atoms with Gasteiger partial charge in [0.1, 0.15) is 0 Å². The first-order chi connectivity index (χ1) is 12.2. The highest BCUT2D eigenvalue weighted by molar-refractivity contribution is 5.86. The van der Waals surface area contributed by atoms with Crippen molar-refractivity contribution in [3.63, 3.8) is 0 Å². The summed E-state index contributed by atoms with van der Waals surface area (Å²) in [5, 5.41) is 6.62. The van der Waals surface area contributed by atoms with E-state index in [2.05, 4.69) is 46.0 Å². The Balaban J connectivity index is 1.50. The zero-order valence-electron chi connectivity index (χ0n) is 15.3. The number of guanidine groups is 1. The normalized spacial score (nSPS) is 19.9. The van der Waals surface area contributed by atoms with E-state index in [4.69, 9.17) is 0 Å². The minimum atomic E-state index is 0.170. The predicted octanol–water partition coefficient (Wildman–Crippen LogP) is 2.29. The molecular weight excluding hydrogens is 312 g/mol. The minimum absolute atomic E-state index is 0.170. The molecule has 5 nitrogen and oxygen atoms in total. The first-order valence-electron chi connectivity index (χ1n) is 9.51. The van der Waals surface area contributed by atoms with Gasteiger partial charge in [0.25, 0.3) is 0 Å². The predicted molar refractivity (Wildman–Crippen MR) is 102 cm³/mol. The molecule has 0 aromatic heterocycles. The molecule has 1 saturated heterocycles. The van der Waals surface area contributed by atoms with E-state index in [1.165, 1.54) is 31.2 Å². The fourth-order valence-corrected chi connectivity index (χ4v) is 3.85. The van der Waals surface area contributed by atoms with Crippen molar-refractivity contribution in [1.82, 2.24) is 15.5 Å². The molecule has 1 aromatic carbocycles. The summed E-state index contributed by atoms with van der Waals surface area (Å²) in [6, 6.07) is 10.7. The van der Waals surface area contributed by atoms with Gasteiger partial charge in [-0.05, 0) is 37.7 Å². The van der Waals surface area contributed by atoms with Crippen LogP contribution in [0.3, 0.4) is 0 Å². The molecule has 5 heteroatoms. The Morgan fingerprint density at radius 2 is 1.80 bits per heavy atom. The van der Waals surface area contributed by atoms with Crippen LogP contribution in [0, 0.1) is 0 Å². The zero-order valence-corrected chi connectivity index (χ0v) is 15.3. The monoisotopic (exact) mass is 342 g/mol. The topological polar surface area (TPSA) is 56.7 Å². The molecule has 0 atom stereocenters. The number of carbonyl (C=O) groups is 1. The van der Waals surface area contributed by atoms with Crippen molar-refractivity contribution in [2.45, 2.75) is 43.9 Å². The number of nitrogens with one attached hydrogen (secondary N) is 2. The average molecular weight is 342 g/mol. The van der Waals surface area contributed by atoms with E-state index in [1.807, 2.05) is 4.90 Å². The van der Waals surface area contributed by atoms with Gasteiger partial charge in [-0.25, -0.2) is 0 Å². The molecule has 1 saturated carbocycles. The van der Waals surface area contributed by atoms with Crippen LogP contribution in [0.4, 0.5) is 0 Å². The smallest absolute Gasteiger partial charge is 0.241 e. The summed E-state index contributed by atoms with van der Waals surface area (Å²) < 4.78 is 0. The summed E-state index contributed by atoms with van der Waals surface area (Å²) in [5.41, 5.74) is 1.60. The number of nitrogens with zero attached hydrogens (tertiary/aromatic N) is 2. The van der Waals surface area contributed by atoms with Crippen molar-refractivity contribution in [1.29, 1.82) is 0 Å². The standard InChI is InChI=1S/C20H30N4O/c1-21-19(22-15-18(25)24-13-6-3-7-14-24)23-16-20(11-8-12-20)17-9-4-2-5-10-17/h2,4-5,9-10H,3,6-8,11-16H2,1H3,(H2,21,22,23). The summed E-state index contributed by atoms with van der Waals surface area (Å²) in [6.45, 7) is 2.96. The second kappa shape index (κ2) is 8.37. The molecule has 0 radical (unpaired) electrons. The van der Waals surface area contributed by atoms with E-state index >= 15 is 0 Å². The Hall–Kier alpha value is -2.04. The lowest BCUT2D eigenvalue weighted by atomic mass is 9.64.